The van der Waals surface area contributed by atoms with Gasteiger partial charge in [-0.3, -0.25) is 4.79 Å². The molecule has 0 aliphatic carbocycles. The van der Waals surface area contributed by atoms with E-state index in [2.05, 4.69) is 0 Å². The Kier molecular flexibility index (Phi) is 3.36. The number of aryl methyl sites for hydroxylation is 1. The molecule has 0 N–H and O–H groups in total. The fourth-order valence-corrected chi connectivity index (χ4v) is 2.99. The van der Waals surface area contributed by atoms with E-state index in [0.29, 0.717) is 0 Å². The highest BCUT2D eigenvalue weighted by atomic mass is 127. The van der Waals surface area contributed by atoms with Crippen LogP contribution in [0.1, 0.15) is 6.92 Å². The minimum atomic E-state index is -3.41. The van der Waals surface area contributed by atoms with E-state index in [1.165, 1.54) is 17.6 Å². The molecule has 1 aromatic rings. The molecule has 78 valence electrons. The van der Waals surface area contributed by atoms with Gasteiger partial charge in [0, 0.05) is 16.8 Å². The van der Waals surface area contributed by atoms with E-state index < -0.39 is 15.4 Å². The summed E-state index contributed by atoms with van der Waals surface area (Å²) in [6.45, 7) is 1.52. The number of hydrogen-bond acceptors (Lipinski definition) is 3. The summed E-state index contributed by atoms with van der Waals surface area (Å²) < 4.78 is 25.0. The Hall–Kier alpha value is -0.370. The Morgan fingerprint density at radius 1 is 1.50 bits per heavy atom. The predicted octanol–water partition coefficient (Wildman–Crippen LogP) is 0.784. The van der Waals surface area contributed by atoms with E-state index >= 15 is 0 Å². The Labute approximate surface area is 96.0 Å². The number of rotatable bonds is 2. The first-order valence-corrected chi connectivity index (χ1v) is 6.70. The zero-order valence-corrected chi connectivity index (χ0v) is 10.8. The number of halogens is 1. The van der Waals surface area contributed by atoms with Crippen LogP contribution in [-0.4, -0.2) is 18.7 Å². The predicted molar refractivity (Wildman–Crippen MR) is 62.1 cm³/mol. The van der Waals surface area contributed by atoms with Crippen molar-refractivity contribution in [1.82, 2.24) is 4.57 Å². The molecule has 0 unspecified atom stereocenters. The van der Waals surface area contributed by atoms with E-state index in [1.54, 1.807) is 13.2 Å². The molecule has 1 heterocycles. The van der Waals surface area contributed by atoms with Gasteiger partial charge in [-0.2, -0.15) is 0 Å². The van der Waals surface area contributed by atoms with Gasteiger partial charge >= 0.3 is 0 Å². The maximum Gasteiger partial charge on any atom is 0.269 e. The third kappa shape index (κ3) is 2.17. The molecule has 0 aliphatic heterocycles. The van der Waals surface area contributed by atoms with Crippen molar-refractivity contribution < 1.29 is 8.42 Å². The van der Waals surface area contributed by atoms with Crippen LogP contribution in [-0.2, 0) is 16.9 Å². The molecule has 0 fully saturated rings. The van der Waals surface area contributed by atoms with Gasteiger partial charge in [0.05, 0.1) is 5.75 Å². The van der Waals surface area contributed by atoms with Gasteiger partial charge in [0.15, 0.2) is 9.84 Å². The third-order valence-corrected chi connectivity index (χ3v) is 4.14. The number of sulfone groups is 1. The van der Waals surface area contributed by atoms with Gasteiger partial charge in [0.1, 0.15) is 4.90 Å². The fourth-order valence-electron chi connectivity index (χ4n) is 1.02. The molecule has 0 saturated carbocycles. The second-order valence-electron chi connectivity index (χ2n) is 2.84. The molecule has 0 amide bonds. The quantitative estimate of drug-likeness (QED) is 0.755. The van der Waals surface area contributed by atoms with Crippen molar-refractivity contribution in [2.75, 3.05) is 5.75 Å². The first kappa shape index (κ1) is 11.7. The van der Waals surface area contributed by atoms with Gasteiger partial charge in [-0.25, -0.2) is 8.42 Å². The molecule has 0 atom stereocenters. The van der Waals surface area contributed by atoms with Crippen LogP contribution < -0.4 is 5.56 Å². The molecule has 1 aromatic heterocycles. The summed E-state index contributed by atoms with van der Waals surface area (Å²) in [7, 11) is -1.87. The molecule has 0 spiro atoms. The van der Waals surface area contributed by atoms with Crippen molar-refractivity contribution in [3.63, 3.8) is 0 Å². The highest BCUT2D eigenvalue weighted by molar-refractivity contribution is 14.1. The Morgan fingerprint density at radius 2 is 2.07 bits per heavy atom. The average molecular weight is 327 g/mol. The number of aromatic nitrogens is 1. The van der Waals surface area contributed by atoms with Crippen molar-refractivity contribution in [3.8, 4) is 0 Å². The summed E-state index contributed by atoms with van der Waals surface area (Å²) >= 11 is 1.98. The fraction of sp³-hybridized carbons (Fsp3) is 0.375. The largest absolute Gasteiger partial charge is 0.316 e. The summed E-state index contributed by atoms with van der Waals surface area (Å²) in [5.74, 6) is -0.0532. The van der Waals surface area contributed by atoms with Crippen LogP contribution in [0.4, 0.5) is 0 Å². The summed E-state index contributed by atoms with van der Waals surface area (Å²) in [5.41, 5.74) is -0.465. The monoisotopic (exact) mass is 327 g/mol. The van der Waals surface area contributed by atoms with Gasteiger partial charge in [-0.05, 0) is 28.7 Å². The lowest BCUT2D eigenvalue weighted by Crippen LogP contribution is -2.24. The number of nitrogens with zero attached hydrogens (tertiary/aromatic N) is 1. The smallest absolute Gasteiger partial charge is 0.269 e. The van der Waals surface area contributed by atoms with Crippen LogP contribution in [0.5, 0.6) is 0 Å². The lowest BCUT2D eigenvalue weighted by atomic mass is 10.5. The zero-order valence-electron chi connectivity index (χ0n) is 7.82. The van der Waals surface area contributed by atoms with Crippen molar-refractivity contribution in [2.45, 2.75) is 11.8 Å². The molecule has 6 heteroatoms. The van der Waals surface area contributed by atoms with E-state index in [-0.39, 0.29) is 10.6 Å². The number of hydrogen-bond donors (Lipinski definition) is 0. The van der Waals surface area contributed by atoms with Crippen molar-refractivity contribution >= 4 is 32.4 Å². The third-order valence-electron chi connectivity index (χ3n) is 1.83. The summed E-state index contributed by atoms with van der Waals surface area (Å²) in [5, 5.41) is 0. The van der Waals surface area contributed by atoms with E-state index in [9.17, 15) is 13.2 Å². The summed E-state index contributed by atoms with van der Waals surface area (Å²) in [6, 6.07) is 1.40. The number of pyridine rings is 1. The Balaban J connectivity index is 3.59. The van der Waals surface area contributed by atoms with Crippen LogP contribution >= 0.6 is 22.6 Å². The normalized spacial score (nSPS) is 11.6. The molecule has 4 nitrogen and oxygen atoms in total. The van der Waals surface area contributed by atoms with Crippen molar-refractivity contribution in [3.05, 3.63) is 26.2 Å². The molecule has 0 aromatic carbocycles. The lowest BCUT2D eigenvalue weighted by Gasteiger charge is -2.04. The highest BCUT2D eigenvalue weighted by Crippen LogP contribution is 2.09. The van der Waals surface area contributed by atoms with Gasteiger partial charge in [-0.15, -0.1) is 0 Å². The zero-order chi connectivity index (χ0) is 10.9. The van der Waals surface area contributed by atoms with Crippen LogP contribution in [0.3, 0.4) is 0 Å². The standard InChI is InChI=1S/C8H10INO3S/c1-3-14(12,13)7-4-6(9)5-10(2)8(7)11/h4-5H,3H2,1-2H3. The lowest BCUT2D eigenvalue weighted by molar-refractivity contribution is 0.594. The SMILES string of the molecule is CCS(=O)(=O)c1cc(I)cn(C)c1=O. The molecule has 0 aliphatic rings. The second kappa shape index (κ2) is 4.01. The maximum atomic E-state index is 11.5. The van der Waals surface area contributed by atoms with Crippen molar-refractivity contribution in [2.24, 2.45) is 7.05 Å². The minimum absolute atomic E-state index is 0.0532. The van der Waals surface area contributed by atoms with Gasteiger partial charge in [-0.1, -0.05) is 6.92 Å². The molecule has 0 radical (unpaired) electrons. The summed E-state index contributed by atoms with van der Waals surface area (Å²) in [4.78, 5) is 11.4. The van der Waals surface area contributed by atoms with Crippen LogP contribution in [0, 0.1) is 3.57 Å². The van der Waals surface area contributed by atoms with Crippen LogP contribution in [0.2, 0.25) is 0 Å². The molecule has 0 saturated heterocycles. The van der Waals surface area contributed by atoms with Gasteiger partial charge in [0.2, 0.25) is 0 Å². The van der Waals surface area contributed by atoms with Gasteiger partial charge in [0.25, 0.3) is 5.56 Å². The highest BCUT2D eigenvalue weighted by Gasteiger charge is 2.17. The molecule has 14 heavy (non-hydrogen) atoms. The van der Waals surface area contributed by atoms with E-state index in [1.807, 2.05) is 22.6 Å². The van der Waals surface area contributed by atoms with Crippen molar-refractivity contribution in [1.29, 1.82) is 0 Å². The second-order valence-corrected chi connectivity index (χ2v) is 6.33. The molecule has 1 rings (SSSR count). The molecule has 0 bridgehead atoms. The van der Waals surface area contributed by atoms with E-state index in [0.717, 1.165) is 3.57 Å². The van der Waals surface area contributed by atoms with E-state index in [4.69, 9.17) is 0 Å². The minimum Gasteiger partial charge on any atom is -0.316 e. The maximum absolute atomic E-state index is 11.5. The molecular formula is C8H10INO3S. The van der Waals surface area contributed by atoms with Crippen LogP contribution in [0.25, 0.3) is 0 Å². The Morgan fingerprint density at radius 3 is 2.57 bits per heavy atom. The van der Waals surface area contributed by atoms with Crippen LogP contribution in [0.15, 0.2) is 22.0 Å². The van der Waals surface area contributed by atoms with Gasteiger partial charge < -0.3 is 4.57 Å². The molecular weight excluding hydrogens is 317 g/mol. The topological polar surface area (TPSA) is 56.1 Å². The Bertz CT molecular complexity index is 504. The first-order chi connectivity index (χ1) is 6.38. The average Bonchev–Trinajstić information content (AvgIpc) is 2.11. The first-order valence-electron chi connectivity index (χ1n) is 3.97. The summed E-state index contributed by atoms with van der Waals surface area (Å²) in [6.07, 6.45) is 1.59.